The summed E-state index contributed by atoms with van der Waals surface area (Å²) in [5, 5.41) is 34.6. The van der Waals surface area contributed by atoms with E-state index < -0.39 is 30.7 Å². The Balaban J connectivity index is 1.19. The van der Waals surface area contributed by atoms with Crippen molar-refractivity contribution in [3.8, 4) is 0 Å². The second-order valence-corrected chi connectivity index (χ2v) is 9.59. The SMILES string of the molecule is CN(CCNCC1CCC(F)CC1)C[C@H]1O[C@@H](N2CNC3C(N)NCNC32)[C@H](O)[C@@H]1O. The highest BCUT2D eigenvalue weighted by Crippen LogP contribution is 2.29. The van der Waals surface area contributed by atoms with Gasteiger partial charge < -0.3 is 30.9 Å². The highest BCUT2D eigenvalue weighted by atomic mass is 19.1. The normalized spacial score (nSPS) is 44.1. The molecule has 0 amide bonds. The number of halogens is 1. The van der Waals surface area contributed by atoms with Crippen molar-refractivity contribution in [2.45, 2.75) is 74.8 Å². The number of fused-ring (bicyclic) bond motifs is 1. The molecule has 8 N–H and O–H groups in total. The van der Waals surface area contributed by atoms with Crippen LogP contribution in [0.25, 0.3) is 0 Å². The zero-order chi connectivity index (χ0) is 22.0. The lowest BCUT2D eigenvalue weighted by Crippen LogP contribution is -2.68. The first kappa shape index (κ1) is 23.7. The summed E-state index contributed by atoms with van der Waals surface area (Å²) < 4.78 is 19.4. The molecule has 10 nitrogen and oxygen atoms in total. The molecule has 0 radical (unpaired) electrons. The number of ether oxygens (including phenoxy) is 1. The molecule has 0 aromatic carbocycles. The third-order valence-corrected chi connectivity index (χ3v) is 7.28. The molecule has 0 aromatic rings. The number of nitrogens with one attached hydrogen (secondary N) is 4. The summed E-state index contributed by atoms with van der Waals surface area (Å²) in [7, 11) is 1.99. The average molecular weight is 446 g/mol. The van der Waals surface area contributed by atoms with Crippen LogP contribution in [0.4, 0.5) is 4.39 Å². The molecule has 4 fully saturated rings. The summed E-state index contributed by atoms with van der Waals surface area (Å²) in [6.45, 7) is 4.22. The number of hydrogen-bond donors (Lipinski definition) is 7. The number of alkyl halides is 1. The molecule has 4 rings (SSSR count). The van der Waals surface area contributed by atoms with Crippen LogP contribution >= 0.6 is 0 Å². The zero-order valence-electron chi connectivity index (χ0n) is 18.4. The van der Waals surface area contributed by atoms with E-state index in [-0.39, 0.29) is 18.4 Å². The van der Waals surface area contributed by atoms with Gasteiger partial charge in [-0.3, -0.25) is 16.0 Å². The second-order valence-electron chi connectivity index (χ2n) is 9.59. The minimum Gasteiger partial charge on any atom is -0.387 e. The van der Waals surface area contributed by atoms with Crippen LogP contribution in [-0.2, 0) is 4.74 Å². The topological polar surface area (TPSA) is 130 Å². The minimum atomic E-state index is -0.976. The van der Waals surface area contributed by atoms with E-state index in [0.29, 0.717) is 38.6 Å². The maximum Gasteiger partial charge on any atom is 0.142 e. The van der Waals surface area contributed by atoms with E-state index in [2.05, 4.69) is 26.2 Å². The van der Waals surface area contributed by atoms with Gasteiger partial charge in [0.25, 0.3) is 0 Å². The fourth-order valence-corrected chi connectivity index (χ4v) is 5.31. The van der Waals surface area contributed by atoms with Crippen molar-refractivity contribution < 1.29 is 19.3 Å². The van der Waals surface area contributed by atoms with Gasteiger partial charge in [-0.1, -0.05) is 0 Å². The van der Waals surface area contributed by atoms with E-state index >= 15 is 0 Å². The van der Waals surface area contributed by atoms with Gasteiger partial charge >= 0.3 is 0 Å². The van der Waals surface area contributed by atoms with Gasteiger partial charge in [-0.25, -0.2) is 9.29 Å². The molecule has 180 valence electrons. The lowest BCUT2D eigenvalue weighted by Gasteiger charge is -2.38. The average Bonchev–Trinajstić information content (AvgIpc) is 3.30. The highest BCUT2D eigenvalue weighted by Gasteiger charge is 2.51. The van der Waals surface area contributed by atoms with Gasteiger partial charge in [0.2, 0.25) is 0 Å². The van der Waals surface area contributed by atoms with Gasteiger partial charge in [-0.15, -0.1) is 0 Å². The molecular formula is C20H40FN7O3. The molecule has 3 unspecified atom stereocenters. The predicted molar refractivity (Wildman–Crippen MR) is 114 cm³/mol. The van der Waals surface area contributed by atoms with Gasteiger partial charge in [-0.2, -0.15) is 0 Å². The number of nitrogens with two attached hydrogens (primary N) is 1. The van der Waals surface area contributed by atoms with Crippen molar-refractivity contribution in [3.05, 3.63) is 0 Å². The van der Waals surface area contributed by atoms with Gasteiger partial charge in [0.15, 0.2) is 0 Å². The van der Waals surface area contributed by atoms with Crippen molar-refractivity contribution in [2.75, 3.05) is 46.6 Å². The number of hydrogen-bond acceptors (Lipinski definition) is 10. The molecule has 3 heterocycles. The first-order valence-corrected chi connectivity index (χ1v) is 11.7. The maximum absolute atomic E-state index is 13.2. The number of likely N-dealkylation sites (N-methyl/N-ethyl adjacent to an activating group) is 1. The van der Waals surface area contributed by atoms with E-state index in [1.807, 2.05) is 11.9 Å². The van der Waals surface area contributed by atoms with E-state index in [0.717, 1.165) is 32.5 Å². The Kier molecular flexibility index (Phi) is 8.13. The second kappa shape index (κ2) is 10.6. The molecule has 1 aliphatic carbocycles. The third-order valence-electron chi connectivity index (χ3n) is 7.28. The quantitative estimate of drug-likeness (QED) is 0.201. The summed E-state index contributed by atoms with van der Waals surface area (Å²) in [5.41, 5.74) is 6.13. The summed E-state index contributed by atoms with van der Waals surface area (Å²) in [4.78, 5) is 4.12. The molecule has 7 atom stereocenters. The summed E-state index contributed by atoms with van der Waals surface area (Å²) in [6.07, 6.45) is -0.486. The van der Waals surface area contributed by atoms with Gasteiger partial charge in [0.1, 0.15) is 30.7 Å². The Bertz CT molecular complexity index is 571. The smallest absolute Gasteiger partial charge is 0.142 e. The van der Waals surface area contributed by atoms with Crippen molar-refractivity contribution in [1.82, 2.24) is 31.1 Å². The van der Waals surface area contributed by atoms with Crippen molar-refractivity contribution in [1.29, 1.82) is 0 Å². The fourth-order valence-electron chi connectivity index (χ4n) is 5.31. The Hall–Kier alpha value is -0.470. The number of aliphatic hydroxyl groups is 2. The molecule has 4 aliphatic rings. The Morgan fingerprint density at radius 1 is 1.16 bits per heavy atom. The van der Waals surface area contributed by atoms with Crippen LogP contribution in [0.3, 0.4) is 0 Å². The van der Waals surface area contributed by atoms with E-state index in [1.54, 1.807) is 0 Å². The molecule has 0 spiro atoms. The van der Waals surface area contributed by atoms with E-state index in [1.165, 1.54) is 0 Å². The van der Waals surface area contributed by atoms with Crippen LogP contribution in [-0.4, -0.2) is 116 Å². The molecule has 31 heavy (non-hydrogen) atoms. The molecule has 11 heteroatoms. The Morgan fingerprint density at radius 3 is 2.71 bits per heavy atom. The fraction of sp³-hybridized carbons (Fsp3) is 1.00. The summed E-state index contributed by atoms with van der Waals surface area (Å²) in [6, 6.07) is 0.00875. The third kappa shape index (κ3) is 5.55. The maximum atomic E-state index is 13.2. The Morgan fingerprint density at radius 2 is 1.94 bits per heavy atom. The van der Waals surface area contributed by atoms with Gasteiger partial charge in [0, 0.05) is 26.3 Å². The largest absolute Gasteiger partial charge is 0.387 e. The van der Waals surface area contributed by atoms with Crippen LogP contribution in [0.5, 0.6) is 0 Å². The lowest BCUT2D eigenvalue weighted by molar-refractivity contribution is -0.106. The minimum absolute atomic E-state index is 0.00875. The van der Waals surface area contributed by atoms with Crippen LogP contribution in [0.2, 0.25) is 0 Å². The van der Waals surface area contributed by atoms with E-state index in [4.69, 9.17) is 10.5 Å². The predicted octanol–water partition coefficient (Wildman–Crippen LogP) is -2.52. The number of nitrogens with zero attached hydrogens (tertiary/aromatic N) is 2. The van der Waals surface area contributed by atoms with Gasteiger partial charge in [0.05, 0.1) is 25.0 Å². The molecule has 3 saturated heterocycles. The van der Waals surface area contributed by atoms with Crippen LogP contribution < -0.4 is 27.0 Å². The number of rotatable bonds is 8. The van der Waals surface area contributed by atoms with Gasteiger partial charge in [-0.05, 0) is 45.2 Å². The van der Waals surface area contributed by atoms with Crippen LogP contribution in [0.1, 0.15) is 25.7 Å². The van der Waals surface area contributed by atoms with Crippen LogP contribution in [0, 0.1) is 5.92 Å². The molecular weight excluding hydrogens is 405 g/mol. The highest BCUT2D eigenvalue weighted by molar-refractivity contribution is 5.01. The standard InChI is InChI=1S/C20H40FN7O3/c1-27(7-6-23-8-12-2-4-13(21)5-3-12)9-14-16(29)17(30)20(31-14)28-11-26-15-18(22)24-10-25-19(15)28/h12-20,23-26,29-30H,2-11,22H2,1H3/t12?,13?,14-,15?,16-,17-,18?,19?,20-/m1/s1. The van der Waals surface area contributed by atoms with Crippen molar-refractivity contribution in [2.24, 2.45) is 11.7 Å². The van der Waals surface area contributed by atoms with Crippen LogP contribution in [0.15, 0.2) is 0 Å². The summed E-state index contributed by atoms with van der Waals surface area (Å²) >= 11 is 0. The first-order chi connectivity index (χ1) is 14.9. The number of aliphatic hydroxyl groups excluding tert-OH is 2. The van der Waals surface area contributed by atoms with Crippen molar-refractivity contribution >= 4 is 0 Å². The first-order valence-electron chi connectivity index (χ1n) is 11.7. The zero-order valence-corrected chi connectivity index (χ0v) is 18.4. The molecule has 0 aromatic heterocycles. The monoisotopic (exact) mass is 445 g/mol. The molecule has 3 aliphatic heterocycles. The van der Waals surface area contributed by atoms with E-state index in [9.17, 15) is 14.6 Å². The lowest BCUT2D eigenvalue weighted by atomic mass is 9.88. The molecule has 0 bridgehead atoms. The summed E-state index contributed by atoms with van der Waals surface area (Å²) in [5.74, 6) is 0.572. The molecule has 1 saturated carbocycles. The Labute approximate surface area is 184 Å². The van der Waals surface area contributed by atoms with Crippen molar-refractivity contribution in [3.63, 3.8) is 0 Å².